The number of ketones is 1. The van der Waals surface area contributed by atoms with Gasteiger partial charge in [0.1, 0.15) is 19.4 Å². The van der Waals surface area contributed by atoms with Crippen LogP contribution in [0.4, 0.5) is 0 Å². The predicted octanol–water partition coefficient (Wildman–Crippen LogP) is 1.36. The molecule has 9 nitrogen and oxygen atoms in total. The third-order valence-electron chi connectivity index (χ3n) is 4.70. The highest BCUT2D eigenvalue weighted by Gasteiger charge is 2.29. The first-order valence-electron chi connectivity index (χ1n) is 10.4. The monoisotopic (exact) mass is 450 g/mol. The molecule has 1 aromatic heterocycles. The third-order valence-corrected chi connectivity index (χ3v) is 4.70. The Morgan fingerprint density at radius 1 is 0.970 bits per heavy atom. The number of imidazole rings is 1. The van der Waals surface area contributed by atoms with Crippen molar-refractivity contribution < 1.29 is 23.9 Å². The number of rotatable bonds is 12. The fraction of sp³-hybridized carbons (Fsp3) is 0.250. The van der Waals surface area contributed by atoms with Crippen LogP contribution in [-0.2, 0) is 50.2 Å². The summed E-state index contributed by atoms with van der Waals surface area (Å²) >= 11 is 0. The van der Waals surface area contributed by atoms with Gasteiger partial charge in [-0.2, -0.15) is 0 Å². The van der Waals surface area contributed by atoms with Crippen LogP contribution in [0.1, 0.15) is 16.8 Å². The van der Waals surface area contributed by atoms with Crippen LogP contribution in [0, 0.1) is 0 Å². The highest BCUT2D eigenvalue weighted by Crippen LogP contribution is 2.07. The van der Waals surface area contributed by atoms with Crippen LogP contribution in [0.2, 0.25) is 0 Å². The number of carbonyl (C=O) groups is 3. The molecule has 0 bridgehead atoms. The Balaban J connectivity index is 1.57. The minimum absolute atomic E-state index is 0.0106. The zero-order valence-electron chi connectivity index (χ0n) is 18.1. The van der Waals surface area contributed by atoms with Gasteiger partial charge in [-0.25, -0.2) is 9.78 Å². The topological polar surface area (TPSA) is 126 Å². The van der Waals surface area contributed by atoms with Crippen LogP contribution < -0.4 is 11.1 Å². The third kappa shape index (κ3) is 7.67. The van der Waals surface area contributed by atoms with Crippen LogP contribution in [-0.4, -0.2) is 39.8 Å². The lowest BCUT2D eigenvalue weighted by Gasteiger charge is -2.15. The Bertz CT molecular complexity index is 1050. The van der Waals surface area contributed by atoms with Crippen molar-refractivity contribution in [3.63, 3.8) is 0 Å². The van der Waals surface area contributed by atoms with E-state index in [1.807, 2.05) is 36.4 Å². The summed E-state index contributed by atoms with van der Waals surface area (Å²) in [4.78, 5) is 41.0. The highest BCUT2D eigenvalue weighted by atomic mass is 16.5. The number of nitrogens with two attached hydrogens (primary N) is 1. The van der Waals surface area contributed by atoms with E-state index in [1.165, 1.54) is 0 Å². The quantitative estimate of drug-likeness (QED) is 0.315. The number of hydrogen-bond acceptors (Lipinski definition) is 7. The largest absolute Gasteiger partial charge is 0.455 e. The summed E-state index contributed by atoms with van der Waals surface area (Å²) in [5.74, 6) is -2.47. The van der Waals surface area contributed by atoms with Crippen molar-refractivity contribution in [2.75, 3.05) is 6.54 Å². The maximum Gasteiger partial charge on any atom is 0.377 e. The molecule has 33 heavy (non-hydrogen) atoms. The zero-order chi connectivity index (χ0) is 23.5. The van der Waals surface area contributed by atoms with Gasteiger partial charge in [0.2, 0.25) is 5.91 Å². The standard InChI is InChI=1S/C24H26N4O5/c25-12-22(29)27-21(23(30)24(31)33-15-19-9-5-2-6-10-19)11-20-13-28(16-26-20)17-32-14-18-7-3-1-4-8-18/h1-10,13,16,21H,11-12,14-15,17,25H2,(H,27,29)/t21-/m0/s1. The lowest BCUT2D eigenvalue weighted by atomic mass is 10.1. The molecule has 0 saturated heterocycles. The van der Waals surface area contributed by atoms with E-state index in [2.05, 4.69) is 10.3 Å². The van der Waals surface area contributed by atoms with Crippen LogP contribution in [0.15, 0.2) is 73.2 Å². The van der Waals surface area contributed by atoms with Crippen molar-refractivity contribution in [1.82, 2.24) is 14.9 Å². The molecule has 3 rings (SSSR count). The molecule has 172 valence electrons. The molecular weight excluding hydrogens is 424 g/mol. The summed E-state index contributed by atoms with van der Waals surface area (Å²) in [6.45, 7) is 0.338. The highest BCUT2D eigenvalue weighted by molar-refractivity contribution is 6.36. The molecule has 0 aliphatic carbocycles. The van der Waals surface area contributed by atoms with Crippen molar-refractivity contribution in [1.29, 1.82) is 0 Å². The molecule has 0 aliphatic rings. The summed E-state index contributed by atoms with van der Waals surface area (Å²) in [5, 5.41) is 2.47. The molecule has 2 aromatic carbocycles. The maximum absolute atomic E-state index is 12.7. The number of Topliss-reactive ketones (excluding diaryl/α,β-unsaturated/α-hetero) is 1. The molecule has 3 N–H and O–H groups in total. The second-order valence-electron chi connectivity index (χ2n) is 7.30. The number of ether oxygens (including phenoxy) is 2. The minimum Gasteiger partial charge on any atom is -0.455 e. The first-order valence-corrected chi connectivity index (χ1v) is 10.4. The number of nitrogens with zero attached hydrogens (tertiary/aromatic N) is 2. The average molecular weight is 450 g/mol. The van der Waals surface area contributed by atoms with E-state index in [0.29, 0.717) is 12.3 Å². The molecule has 9 heteroatoms. The first-order chi connectivity index (χ1) is 16.0. The van der Waals surface area contributed by atoms with Gasteiger partial charge in [0, 0.05) is 12.6 Å². The molecule has 3 aromatic rings. The predicted molar refractivity (Wildman–Crippen MR) is 119 cm³/mol. The smallest absolute Gasteiger partial charge is 0.377 e. The van der Waals surface area contributed by atoms with E-state index in [9.17, 15) is 14.4 Å². The molecule has 1 heterocycles. The number of aromatic nitrogens is 2. The van der Waals surface area contributed by atoms with Gasteiger partial charge in [-0.3, -0.25) is 9.59 Å². The van der Waals surface area contributed by atoms with Gasteiger partial charge in [-0.05, 0) is 11.1 Å². The van der Waals surface area contributed by atoms with Gasteiger partial charge in [-0.15, -0.1) is 0 Å². The number of hydrogen-bond donors (Lipinski definition) is 2. The lowest BCUT2D eigenvalue weighted by Crippen LogP contribution is -2.47. The molecule has 1 atom stereocenters. The minimum atomic E-state index is -1.14. The molecule has 0 aliphatic heterocycles. The molecule has 0 unspecified atom stereocenters. The van der Waals surface area contributed by atoms with Crippen LogP contribution in [0.5, 0.6) is 0 Å². The summed E-state index contributed by atoms with van der Waals surface area (Å²) in [7, 11) is 0. The number of amides is 1. The van der Waals surface area contributed by atoms with Gasteiger partial charge >= 0.3 is 5.97 Å². The van der Waals surface area contributed by atoms with Gasteiger partial charge in [0.15, 0.2) is 0 Å². The number of benzene rings is 2. The van der Waals surface area contributed by atoms with E-state index in [-0.39, 0.29) is 26.3 Å². The Kier molecular flexibility index (Phi) is 8.87. The molecule has 0 fully saturated rings. The van der Waals surface area contributed by atoms with Crippen LogP contribution in [0.25, 0.3) is 0 Å². The Morgan fingerprint density at radius 2 is 1.61 bits per heavy atom. The van der Waals surface area contributed by atoms with Gasteiger partial charge < -0.3 is 25.1 Å². The second kappa shape index (κ2) is 12.3. The summed E-state index contributed by atoms with van der Waals surface area (Å²) in [5.41, 5.74) is 7.65. The number of carbonyl (C=O) groups excluding carboxylic acids is 3. The number of nitrogens with one attached hydrogen (secondary N) is 1. The molecule has 0 radical (unpaired) electrons. The molecular formula is C24H26N4O5. The second-order valence-corrected chi connectivity index (χ2v) is 7.30. The van der Waals surface area contributed by atoms with Crippen molar-refractivity contribution in [2.24, 2.45) is 5.73 Å². The van der Waals surface area contributed by atoms with E-state index >= 15 is 0 Å². The Hall–Kier alpha value is -3.82. The fourth-order valence-corrected chi connectivity index (χ4v) is 3.03. The Morgan fingerprint density at radius 3 is 2.24 bits per heavy atom. The van der Waals surface area contributed by atoms with Crippen molar-refractivity contribution in [3.8, 4) is 0 Å². The van der Waals surface area contributed by atoms with E-state index in [0.717, 1.165) is 11.1 Å². The molecule has 0 saturated carbocycles. The lowest BCUT2D eigenvalue weighted by molar-refractivity contribution is -0.156. The number of esters is 1. The van der Waals surface area contributed by atoms with E-state index in [4.69, 9.17) is 15.2 Å². The zero-order valence-corrected chi connectivity index (χ0v) is 18.1. The molecule has 1 amide bonds. The fourth-order valence-electron chi connectivity index (χ4n) is 3.03. The summed E-state index contributed by atoms with van der Waals surface area (Å²) < 4.78 is 12.5. The summed E-state index contributed by atoms with van der Waals surface area (Å²) in [6.07, 6.45) is 3.26. The SMILES string of the molecule is NCC(=O)N[C@@H](Cc1cn(COCc2ccccc2)cn1)C(=O)C(=O)OCc1ccccc1. The normalized spacial score (nSPS) is 11.5. The molecule has 0 spiro atoms. The van der Waals surface area contributed by atoms with E-state index in [1.54, 1.807) is 41.4 Å². The maximum atomic E-state index is 12.7. The van der Waals surface area contributed by atoms with Gasteiger partial charge in [0.25, 0.3) is 5.78 Å². The van der Waals surface area contributed by atoms with Gasteiger partial charge in [-0.1, -0.05) is 60.7 Å². The van der Waals surface area contributed by atoms with Crippen molar-refractivity contribution in [2.45, 2.75) is 32.4 Å². The summed E-state index contributed by atoms with van der Waals surface area (Å²) in [6, 6.07) is 17.6. The van der Waals surface area contributed by atoms with E-state index < -0.39 is 23.7 Å². The first kappa shape index (κ1) is 23.8. The average Bonchev–Trinajstić information content (AvgIpc) is 3.30. The van der Waals surface area contributed by atoms with Crippen LogP contribution in [0.3, 0.4) is 0 Å². The van der Waals surface area contributed by atoms with Crippen molar-refractivity contribution >= 4 is 17.7 Å². The van der Waals surface area contributed by atoms with Gasteiger partial charge in [0.05, 0.1) is 25.2 Å². The Labute approximate surface area is 191 Å². The van der Waals surface area contributed by atoms with Crippen LogP contribution >= 0.6 is 0 Å². The van der Waals surface area contributed by atoms with Crippen molar-refractivity contribution in [3.05, 3.63) is 90.0 Å².